The molecule has 0 N–H and O–H groups in total. The number of piperazine rings is 1. The molecule has 1 amide bonds. The van der Waals surface area contributed by atoms with Crippen LogP contribution >= 0.6 is 15.9 Å². The fourth-order valence-electron chi connectivity index (χ4n) is 4.09. The van der Waals surface area contributed by atoms with E-state index in [4.69, 9.17) is 14.5 Å². The van der Waals surface area contributed by atoms with E-state index < -0.39 is 5.60 Å². The van der Waals surface area contributed by atoms with Gasteiger partial charge in [-0.25, -0.2) is 9.78 Å². The maximum Gasteiger partial charge on any atom is 0.410 e. The summed E-state index contributed by atoms with van der Waals surface area (Å²) in [5.74, 6) is 1.80. The fraction of sp³-hybridized carbons (Fsp3) is 0.714. The Morgan fingerprint density at radius 2 is 2.07 bits per heavy atom. The van der Waals surface area contributed by atoms with Crippen LogP contribution in [0.15, 0.2) is 10.5 Å². The first-order valence-corrected chi connectivity index (χ1v) is 11.0. The molecule has 0 bridgehead atoms. The molecule has 7 heteroatoms. The van der Waals surface area contributed by atoms with Gasteiger partial charge in [-0.05, 0) is 80.4 Å². The van der Waals surface area contributed by atoms with Crippen LogP contribution in [0.4, 0.5) is 10.6 Å². The number of hydrogen-bond donors (Lipinski definition) is 0. The van der Waals surface area contributed by atoms with Crippen LogP contribution in [0, 0.1) is 5.92 Å². The minimum Gasteiger partial charge on any atom is -0.444 e. The minimum atomic E-state index is -0.474. The lowest BCUT2D eigenvalue weighted by Gasteiger charge is -2.43. The molecule has 0 unspecified atom stereocenters. The highest BCUT2D eigenvalue weighted by atomic mass is 79.9. The third kappa shape index (κ3) is 4.30. The summed E-state index contributed by atoms with van der Waals surface area (Å²) in [6.07, 6.45) is 3.26. The first kappa shape index (κ1) is 20.0. The highest BCUT2D eigenvalue weighted by molar-refractivity contribution is 9.10. The monoisotopic (exact) mass is 451 g/mol. The van der Waals surface area contributed by atoms with E-state index in [1.165, 1.54) is 18.4 Å². The number of fused-ring (bicyclic) bond motifs is 3. The van der Waals surface area contributed by atoms with E-state index in [0.29, 0.717) is 19.7 Å². The number of carbonyl (C=O) groups excluding carboxylic acids is 1. The third-order valence-corrected chi connectivity index (χ3v) is 6.22. The Morgan fingerprint density at radius 1 is 1.32 bits per heavy atom. The molecular formula is C21H30BrN3O3. The molecule has 0 radical (unpaired) electrons. The molecule has 1 saturated carbocycles. The SMILES string of the molecule is C[C@@H]1CN(C(=O)OC(C)(C)C)C[C@H]2Cc3cc(Br)c(COCC4CC4)nc3N21. The maximum absolute atomic E-state index is 12.6. The Balaban J connectivity index is 1.47. The summed E-state index contributed by atoms with van der Waals surface area (Å²) >= 11 is 3.67. The molecule has 1 aromatic rings. The van der Waals surface area contributed by atoms with Crippen LogP contribution in [0.5, 0.6) is 0 Å². The number of rotatable bonds is 4. The summed E-state index contributed by atoms with van der Waals surface area (Å²) in [4.78, 5) is 21.7. The zero-order chi connectivity index (χ0) is 20.1. The van der Waals surface area contributed by atoms with Crippen molar-refractivity contribution in [3.05, 3.63) is 21.8 Å². The van der Waals surface area contributed by atoms with E-state index >= 15 is 0 Å². The summed E-state index contributed by atoms with van der Waals surface area (Å²) < 4.78 is 12.5. The Bertz CT molecular complexity index is 760. The molecule has 3 aliphatic rings. The predicted molar refractivity (Wildman–Crippen MR) is 112 cm³/mol. The molecular weight excluding hydrogens is 422 g/mol. The molecule has 2 aliphatic heterocycles. The molecule has 3 heterocycles. The van der Waals surface area contributed by atoms with Crippen molar-refractivity contribution in [2.24, 2.45) is 5.92 Å². The van der Waals surface area contributed by atoms with Crippen molar-refractivity contribution >= 4 is 27.8 Å². The molecule has 4 rings (SSSR count). The Hall–Kier alpha value is -1.34. The van der Waals surface area contributed by atoms with Gasteiger partial charge in [0, 0.05) is 30.2 Å². The number of pyridine rings is 1. The molecule has 1 aromatic heterocycles. The molecule has 2 atom stereocenters. The van der Waals surface area contributed by atoms with E-state index in [2.05, 4.69) is 33.8 Å². The Morgan fingerprint density at radius 3 is 2.75 bits per heavy atom. The average Bonchev–Trinajstić information content (AvgIpc) is 3.33. The number of halogens is 1. The smallest absolute Gasteiger partial charge is 0.410 e. The van der Waals surface area contributed by atoms with Crippen LogP contribution in [0.1, 0.15) is 51.8 Å². The molecule has 28 heavy (non-hydrogen) atoms. The van der Waals surface area contributed by atoms with Crippen molar-refractivity contribution in [1.82, 2.24) is 9.88 Å². The molecule has 2 fully saturated rings. The summed E-state index contributed by atoms with van der Waals surface area (Å²) in [5, 5.41) is 0. The van der Waals surface area contributed by atoms with Gasteiger partial charge in [0.25, 0.3) is 0 Å². The van der Waals surface area contributed by atoms with E-state index in [0.717, 1.165) is 34.9 Å². The number of ether oxygens (including phenoxy) is 2. The van der Waals surface area contributed by atoms with Crippen molar-refractivity contribution in [3.63, 3.8) is 0 Å². The van der Waals surface area contributed by atoms with E-state index in [1.807, 2.05) is 25.7 Å². The zero-order valence-corrected chi connectivity index (χ0v) is 18.8. The van der Waals surface area contributed by atoms with Gasteiger partial charge in [0.05, 0.1) is 18.3 Å². The molecule has 6 nitrogen and oxygen atoms in total. The summed E-state index contributed by atoms with van der Waals surface area (Å²) in [6.45, 7) is 10.6. The number of carbonyl (C=O) groups is 1. The molecule has 1 saturated heterocycles. The van der Waals surface area contributed by atoms with Gasteiger partial charge in [-0.2, -0.15) is 0 Å². The molecule has 0 aromatic carbocycles. The standard InChI is InChI=1S/C21H30BrN3O3/c1-13-9-24(20(26)28-21(2,3)4)10-16-7-15-8-17(22)18(23-19(15)25(13)16)12-27-11-14-5-6-14/h8,13-14,16H,5-7,9-12H2,1-4H3/t13-,16-/m1/s1. The molecule has 1 aliphatic carbocycles. The number of amides is 1. The second-order valence-corrected chi connectivity index (χ2v) is 10.2. The number of nitrogens with zero attached hydrogens (tertiary/aromatic N) is 3. The second kappa shape index (κ2) is 7.48. The topological polar surface area (TPSA) is 54.9 Å². The largest absolute Gasteiger partial charge is 0.444 e. The highest BCUT2D eigenvalue weighted by Crippen LogP contribution is 2.38. The van der Waals surface area contributed by atoms with Crippen LogP contribution in [-0.2, 0) is 22.5 Å². The van der Waals surface area contributed by atoms with E-state index in [9.17, 15) is 4.79 Å². The van der Waals surface area contributed by atoms with Gasteiger partial charge in [0.2, 0.25) is 0 Å². The number of anilines is 1. The fourth-order valence-corrected chi connectivity index (χ4v) is 4.57. The predicted octanol–water partition coefficient (Wildman–Crippen LogP) is 4.14. The van der Waals surface area contributed by atoms with E-state index in [-0.39, 0.29) is 18.2 Å². The molecule has 154 valence electrons. The van der Waals surface area contributed by atoms with Crippen molar-refractivity contribution in [1.29, 1.82) is 0 Å². The van der Waals surface area contributed by atoms with Crippen molar-refractivity contribution in [3.8, 4) is 0 Å². The quantitative estimate of drug-likeness (QED) is 0.688. The lowest BCUT2D eigenvalue weighted by atomic mass is 10.1. The highest BCUT2D eigenvalue weighted by Gasteiger charge is 2.41. The normalized spacial score (nSPS) is 24.2. The van der Waals surface area contributed by atoms with Crippen LogP contribution < -0.4 is 4.90 Å². The third-order valence-electron chi connectivity index (χ3n) is 5.53. The van der Waals surface area contributed by atoms with Gasteiger partial charge in [-0.1, -0.05) is 0 Å². The number of aromatic nitrogens is 1. The maximum atomic E-state index is 12.6. The van der Waals surface area contributed by atoms with Crippen molar-refractivity contribution < 1.29 is 14.3 Å². The van der Waals surface area contributed by atoms with Gasteiger partial charge < -0.3 is 19.3 Å². The summed E-state index contributed by atoms with van der Waals surface area (Å²) in [7, 11) is 0. The van der Waals surface area contributed by atoms with Gasteiger partial charge in [-0.3, -0.25) is 0 Å². The summed E-state index contributed by atoms with van der Waals surface area (Å²) in [5.41, 5.74) is 1.72. The second-order valence-electron chi connectivity index (χ2n) is 9.36. The average molecular weight is 452 g/mol. The molecule has 0 spiro atoms. The zero-order valence-electron chi connectivity index (χ0n) is 17.2. The van der Waals surface area contributed by atoms with Crippen LogP contribution in [0.3, 0.4) is 0 Å². The Kier molecular flexibility index (Phi) is 5.33. The van der Waals surface area contributed by atoms with Gasteiger partial charge >= 0.3 is 6.09 Å². The first-order chi connectivity index (χ1) is 13.2. The van der Waals surface area contributed by atoms with Crippen molar-refractivity contribution in [2.45, 2.75) is 71.2 Å². The summed E-state index contributed by atoms with van der Waals surface area (Å²) in [6, 6.07) is 2.62. The lowest BCUT2D eigenvalue weighted by Crippen LogP contribution is -2.58. The van der Waals surface area contributed by atoms with Crippen LogP contribution in [-0.4, -0.2) is 53.4 Å². The Labute approximate surface area is 175 Å². The van der Waals surface area contributed by atoms with Gasteiger partial charge in [-0.15, -0.1) is 0 Å². The number of hydrogen-bond acceptors (Lipinski definition) is 5. The van der Waals surface area contributed by atoms with E-state index in [1.54, 1.807) is 0 Å². The minimum absolute atomic E-state index is 0.196. The first-order valence-electron chi connectivity index (χ1n) is 10.2. The van der Waals surface area contributed by atoms with Gasteiger partial charge in [0.1, 0.15) is 11.4 Å². The van der Waals surface area contributed by atoms with Crippen LogP contribution in [0.2, 0.25) is 0 Å². The lowest BCUT2D eigenvalue weighted by molar-refractivity contribution is 0.0191. The van der Waals surface area contributed by atoms with Crippen LogP contribution in [0.25, 0.3) is 0 Å². The van der Waals surface area contributed by atoms with Crippen molar-refractivity contribution in [2.75, 3.05) is 24.6 Å². The van der Waals surface area contributed by atoms with Gasteiger partial charge in [0.15, 0.2) is 0 Å².